The molecule has 5 nitrogen and oxygen atoms in total. The van der Waals surface area contributed by atoms with Crippen molar-refractivity contribution in [1.82, 2.24) is 19.9 Å². The van der Waals surface area contributed by atoms with Crippen LogP contribution in [-0.4, -0.2) is 53.1 Å². The molecule has 2 fully saturated rings. The molecule has 0 radical (unpaired) electrons. The molecule has 2 saturated heterocycles. The maximum Gasteiger partial charge on any atom is 0.143 e. The van der Waals surface area contributed by atoms with Gasteiger partial charge >= 0.3 is 0 Å². The number of nitrogens with zero attached hydrogens (tertiary/aromatic N) is 4. The minimum Gasteiger partial charge on any atom is -0.355 e. The van der Waals surface area contributed by atoms with Crippen LogP contribution in [-0.2, 0) is 6.42 Å². The molecule has 0 aromatic carbocycles. The summed E-state index contributed by atoms with van der Waals surface area (Å²) in [4.78, 5) is 17.1. The molecule has 0 aliphatic carbocycles. The van der Waals surface area contributed by atoms with Crippen LogP contribution in [0.3, 0.4) is 0 Å². The third-order valence-electron chi connectivity index (χ3n) is 5.31. The van der Waals surface area contributed by atoms with E-state index in [-0.39, 0.29) is 0 Å². The fourth-order valence-corrected chi connectivity index (χ4v) is 3.85. The maximum atomic E-state index is 4.59. The highest BCUT2D eigenvalue weighted by Crippen LogP contribution is 2.43. The van der Waals surface area contributed by atoms with Crippen LogP contribution < -0.4 is 4.90 Å². The van der Waals surface area contributed by atoms with Gasteiger partial charge in [-0.15, -0.1) is 0 Å². The number of aromatic nitrogens is 3. The predicted molar refractivity (Wildman–Crippen MR) is 84.6 cm³/mol. The van der Waals surface area contributed by atoms with E-state index in [0.717, 1.165) is 31.0 Å². The van der Waals surface area contributed by atoms with Crippen LogP contribution in [0.1, 0.15) is 25.3 Å². The highest BCUT2D eigenvalue weighted by atomic mass is 15.3. The van der Waals surface area contributed by atoms with Gasteiger partial charge in [-0.25, -0.2) is 9.97 Å². The summed E-state index contributed by atoms with van der Waals surface area (Å²) in [5, 5.41) is 1.22. The number of hydrogen-bond acceptors (Lipinski definition) is 4. The van der Waals surface area contributed by atoms with E-state index in [0.29, 0.717) is 5.41 Å². The molecule has 2 aromatic heterocycles. The summed E-state index contributed by atoms with van der Waals surface area (Å²) in [6.45, 7) is 6.96. The molecule has 1 N–H and O–H groups in total. The number of anilines is 1. The molecule has 21 heavy (non-hydrogen) atoms. The zero-order valence-electron chi connectivity index (χ0n) is 12.9. The van der Waals surface area contributed by atoms with Gasteiger partial charge < -0.3 is 14.8 Å². The van der Waals surface area contributed by atoms with E-state index in [1.165, 1.54) is 36.9 Å². The molecule has 5 heteroatoms. The molecule has 112 valence electrons. The number of fused-ring (bicyclic) bond motifs is 1. The predicted octanol–water partition coefficient (Wildman–Crippen LogP) is 2.05. The first kappa shape index (κ1) is 13.1. The Morgan fingerprint density at radius 3 is 2.71 bits per heavy atom. The lowest BCUT2D eigenvalue weighted by molar-refractivity contribution is 0.0902. The van der Waals surface area contributed by atoms with Crippen molar-refractivity contribution in [2.24, 2.45) is 5.41 Å². The number of nitrogens with one attached hydrogen (secondary N) is 1. The number of piperidine rings is 1. The molecular weight excluding hydrogens is 262 g/mol. The molecule has 0 unspecified atom stereocenters. The molecule has 2 aromatic rings. The Labute approximate surface area is 125 Å². The van der Waals surface area contributed by atoms with Crippen LogP contribution in [0.5, 0.6) is 0 Å². The summed E-state index contributed by atoms with van der Waals surface area (Å²) < 4.78 is 0. The first-order chi connectivity index (χ1) is 10.2. The van der Waals surface area contributed by atoms with Crippen LogP contribution in [0.2, 0.25) is 0 Å². The number of aryl methyl sites for hydroxylation is 1. The molecular formula is C16H23N5. The van der Waals surface area contributed by atoms with E-state index in [1.54, 1.807) is 6.33 Å². The van der Waals surface area contributed by atoms with Crippen molar-refractivity contribution >= 4 is 16.9 Å². The summed E-state index contributed by atoms with van der Waals surface area (Å²) >= 11 is 0. The largest absolute Gasteiger partial charge is 0.355 e. The smallest absolute Gasteiger partial charge is 0.143 e. The Kier molecular flexibility index (Phi) is 2.92. The van der Waals surface area contributed by atoms with E-state index in [4.69, 9.17) is 0 Å². The number of rotatable bonds is 2. The Balaban J connectivity index is 1.60. The van der Waals surface area contributed by atoms with Gasteiger partial charge in [0.2, 0.25) is 0 Å². The fourth-order valence-electron chi connectivity index (χ4n) is 3.85. The first-order valence-corrected chi connectivity index (χ1v) is 7.95. The number of H-pyrrole nitrogens is 1. The van der Waals surface area contributed by atoms with Gasteiger partial charge in [0.25, 0.3) is 0 Å². The third-order valence-corrected chi connectivity index (χ3v) is 5.31. The second-order valence-corrected chi connectivity index (χ2v) is 6.75. The molecule has 0 bridgehead atoms. The van der Waals surface area contributed by atoms with Gasteiger partial charge in [0, 0.05) is 24.7 Å². The molecule has 2 aliphatic heterocycles. The lowest BCUT2D eigenvalue weighted by Crippen LogP contribution is -2.60. The van der Waals surface area contributed by atoms with Crippen molar-refractivity contribution in [3.63, 3.8) is 0 Å². The summed E-state index contributed by atoms with van der Waals surface area (Å²) in [7, 11) is 2.23. The first-order valence-electron chi connectivity index (χ1n) is 7.95. The topological polar surface area (TPSA) is 48.1 Å². The van der Waals surface area contributed by atoms with Crippen molar-refractivity contribution in [2.75, 3.05) is 38.1 Å². The minimum absolute atomic E-state index is 0.534. The van der Waals surface area contributed by atoms with Crippen LogP contribution in [0.4, 0.5) is 5.82 Å². The molecule has 4 heterocycles. The van der Waals surface area contributed by atoms with Gasteiger partial charge in [0.05, 0.1) is 5.39 Å². The van der Waals surface area contributed by atoms with Crippen molar-refractivity contribution in [3.8, 4) is 0 Å². The van der Waals surface area contributed by atoms with Gasteiger partial charge in [0.1, 0.15) is 17.8 Å². The molecule has 2 aliphatic rings. The summed E-state index contributed by atoms with van der Waals surface area (Å²) in [5.41, 5.74) is 2.83. The van der Waals surface area contributed by atoms with Gasteiger partial charge in [-0.2, -0.15) is 0 Å². The summed E-state index contributed by atoms with van der Waals surface area (Å²) in [6.07, 6.45) is 7.43. The lowest BCUT2D eigenvalue weighted by Gasteiger charge is -2.54. The number of likely N-dealkylation sites (tertiary alicyclic amines) is 1. The highest BCUT2D eigenvalue weighted by molar-refractivity contribution is 5.91. The van der Waals surface area contributed by atoms with E-state index in [2.05, 4.69) is 44.9 Å². The molecule has 0 atom stereocenters. The van der Waals surface area contributed by atoms with Crippen LogP contribution in [0.15, 0.2) is 12.5 Å². The van der Waals surface area contributed by atoms with Crippen molar-refractivity contribution in [3.05, 3.63) is 18.1 Å². The third kappa shape index (κ3) is 2.02. The van der Waals surface area contributed by atoms with E-state index in [1.807, 2.05) is 0 Å². The number of hydrogen-bond donors (Lipinski definition) is 1. The standard InChI is InChI=1S/C16H23N5/c1-3-12-8-17-14-13(12)15(19-11-18-14)21-9-16(10-21)4-6-20(2)7-5-16/h8,11H,3-7,9-10H2,1-2H3,(H,17,18,19). The van der Waals surface area contributed by atoms with Gasteiger partial charge in [-0.05, 0) is 45.0 Å². The van der Waals surface area contributed by atoms with Gasteiger partial charge in [0.15, 0.2) is 0 Å². The maximum absolute atomic E-state index is 4.59. The SMILES string of the molecule is CCc1c[nH]c2ncnc(N3CC4(CCN(C)CC4)C3)c12. The second-order valence-electron chi connectivity index (χ2n) is 6.75. The Bertz CT molecular complexity index is 646. The average molecular weight is 285 g/mol. The Morgan fingerprint density at radius 2 is 2.00 bits per heavy atom. The number of aromatic amines is 1. The van der Waals surface area contributed by atoms with Crippen LogP contribution in [0.25, 0.3) is 11.0 Å². The van der Waals surface area contributed by atoms with E-state index >= 15 is 0 Å². The normalized spacial score (nSPS) is 21.9. The zero-order valence-corrected chi connectivity index (χ0v) is 12.9. The van der Waals surface area contributed by atoms with Crippen molar-refractivity contribution < 1.29 is 0 Å². The Hall–Kier alpha value is -1.62. The summed E-state index contributed by atoms with van der Waals surface area (Å²) in [6, 6.07) is 0. The second kappa shape index (κ2) is 4.70. The van der Waals surface area contributed by atoms with Gasteiger partial charge in [-0.1, -0.05) is 6.92 Å². The highest BCUT2D eigenvalue weighted by Gasteiger charge is 2.45. The zero-order chi connectivity index (χ0) is 14.4. The van der Waals surface area contributed by atoms with Crippen molar-refractivity contribution in [1.29, 1.82) is 0 Å². The lowest BCUT2D eigenvalue weighted by atomic mass is 9.72. The van der Waals surface area contributed by atoms with Crippen molar-refractivity contribution in [2.45, 2.75) is 26.2 Å². The van der Waals surface area contributed by atoms with E-state index < -0.39 is 0 Å². The minimum atomic E-state index is 0.534. The molecule has 0 amide bonds. The quantitative estimate of drug-likeness (QED) is 0.917. The fraction of sp³-hybridized carbons (Fsp3) is 0.625. The van der Waals surface area contributed by atoms with Crippen LogP contribution >= 0.6 is 0 Å². The average Bonchev–Trinajstić information content (AvgIpc) is 2.89. The molecule has 4 rings (SSSR count). The van der Waals surface area contributed by atoms with Crippen LogP contribution in [0, 0.1) is 5.41 Å². The van der Waals surface area contributed by atoms with Gasteiger partial charge in [-0.3, -0.25) is 0 Å². The molecule has 1 spiro atoms. The molecule has 0 saturated carbocycles. The summed E-state index contributed by atoms with van der Waals surface area (Å²) in [5.74, 6) is 1.13. The Morgan fingerprint density at radius 1 is 1.24 bits per heavy atom. The van der Waals surface area contributed by atoms with E-state index in [9.17, 15) is 0 Å². The monoisotopic (exact) mass is 285 g/mol.